The van der Waals surface area contributed by atoms with Gasteiger partial charge in [0.2, 0.25) is 11.6 Å². The molecule has 1 N–H and O–H groups in total. The molecule has 22 heavy (non-hydrogen) atoms. The van der Waals surface area contributed by atoms with Gasteiger partial charge in [-0.15, -0.1) is 5.11 Å². The van der Waals surface area contributed by atoms with E-state index in [0.29, 0.717) is 5.69 Å². The first-order chi connectivity index (χ1) is 10.5. The van der Waals surface area contributed by atoms with Gasteiger partial charge < -0.3 is 5.11 Å². The molecule has 0 saturated carbocycles. The van der Waals surface area contributed by atoms with Crippen LogP contribution in [0.2, 0.25) is 0 Å². The minimum atomic E-state index is -0.647. The van der Waals surface area contributed by atoms with E-state index >= 15 is 0 Å². The van der Waals surface area contributed by atoms with E-state index in [4.69, 9.17) is 0 Å². The molecule has 116 valence electrons. The normalized spacial score (nSPS) is 11.2. The van der Waals surface area contributed by atoms with Gasteiger partial charge in [-0.2, -0.15) is 5.11 Å². The van der Waals surface area contributed by atoms with Crippen LogP contribution in [0.15, 0.2) is 44.1 Å². The maximum absolute atomic E-state index is 12.2. The lowest BCUT2D eigenvalue weighted by Crippen LogP contribution is -2.38. The molecule has 7 heteroatoms. The molecule has 0 unspecified atom stereocenters. The zero-order valence-electron chi connectivity index (χ0n) is 12.8. The van der Waals surface area contributed by atoms with E-state index in [9.17, 15) is 14.7 Å². The molecule has 0 saturated heterocycles. The largest absolute Gasteiger partial charge is 0.493 e. The second-order valence-electron chi connectivity index (χ2n) is 4.79. The van der Waals surface area contributed by atoms with Crippen molar-refractivity contribution in [1.82, 2.24) is 9.13 Å². The van der Waals surface area contributed by atoms with Crippen LogP contribution in [-0.4, -0.2) is 14.2 Å². The molecule has 0 aliphatic carbocycles. The van der Waals surface area contributed by atoms with Crippen molar-refractivity contribution >= 4 is 11.4 Å². The first-order valence-corrected chi connectivity index (χ1v) is 7.04. The van der Waals surface area contributed by atoms with Crippen molar-refractivity contribution in [1.29, 1.82) is 0 Å². The number of hydrogen-bond donors (Lipinski definition) is 1. The molecule has 1 aromatic heterocycles. The molecule has 0 bridgehead atoms. The number of azo groups is 1. The zero-order valence-corrected chi connectivity index (χ0v) is 12.8. The van der Waals surface area contributed by atoms with Gasteiger partial charge in [-0.1, -0.05) is 12.1 Å². The highest BCUT2D eigenvalue weighted by Crippen LogP contribution is 2.23. The lowest BCUT2D eigenvalue weighted by molar-refractivity contribution is 0.397. The molecule has 1 aromatic carbocycles. The highest BCUT2D eigenvalue weighted by atomic mass is 16.3. The lowest BCUT2D eigenvalue weighted by atomic mass is 10.2. The minimum Gasteiger partial charge on any atom is -0.493 e. The smallest absolute Gasteiger partial charge is 0.333 e. The molecule has 0 aliphatic rings. The quantitative estimate of drug-likeness (QED) is 0.880. The highest BCUT2D eigenvalue weighted by molar-refractivity contribution is 5.46. The Kier molecular flexibility index (Phi) is 4.55. The average molecular weight is 302 g/mol. The van der Waals surface area contributed by atoms with Crippen LogP contribution in [0.5, 0.6) is 5.88 Å². The predicted octanol–water partition coefficient (Wildman–Crippen LogP) is 2.48. The Labute approximate surface area is 127 Å². The molecular formula is C15H18N4O3. The Hall–Kier alpha value is -2.70. The van der Waals surface area contributed by atoms with Gasteiger partial charge in [0.1, 0.15) is 0 Å². The van der Waals surface area contributed by atoms with Gasteiger partial charge in [-0.05, 0) is 38.5 Å². The number of hydrogen-bond acceptors (Lipinski definition) is 5. The zero-order chi connectivity index (χ0) is 16.3. The molecule has 0 fully saturated rings. The minimum absolute atomic E-state index is 0.199. The summed E-state index contributed by atoms with van der Waals surface area (Å²) in [6, 6.07) is 7.27. The molecule has 2 aromatic rings. The van der Waals surface area contributed by atoms with Gasteiger partial charge in [0, 0.05) is 13.1 Å². The topological polar surface area (TPSA) is 88.9 Å². The third kappa shape index (κ3) is 2.83. The molecule has 0 spiro atoms. The van der Waals surface area contributed by atoms with E-state index in [1.54, 1.807) is 26.0 Å². The van der Waals surface area contributed by atoms with E-state index < -0.39 is 17.1 Å². The van der Waals surface area contributed by atoms with Crippen LogP contribution in [0.3, 0.4) is 0 Å². The van der Waals surface area contributed by atoms with Crippen molar-refractivity contribution in [3.63, 3.8) is 0 Å². The van der Waals surface area contributed by atoms with Crippen molar-refractivity contribution in [2.24, 2.45) is 10.2 Å². The fourth-order valence-electron chi connectivity index (χ4n) is 2.12. The second-order valence-corrected chi connectivity index (χ2v) is 4.79. The number of aryl methyl sites for hydroxylation is 1. The summed E-state index contributed by atoms with van der Waals surface area (Å²) in [6.45, 7) is 5.73. The first-order valence-electron chi connectivity index (χ1n) is 7.04. The molecule has 2 rings (SSSR count). The summed E-state index contributed by atoms with van der Waals surface area (Å²) < 4.78 is 2.11. The third-order valence-corrected chi connectivity index (χ3v) is 3.28. The number of aromatic nitrogens is 2. The molecule has 0 atom stereocenters. The highest BCUT2D eigenvalue weighted by Gasteiger charge is 2.16. The van der Waals surface area contributed by atoms with Crippen molar-refractivity contribution in [2.75, 3.05) is 0 Å². The fourth-order valence-corrected chi connectivity index (χ4v) is 2.12. The summed E-state index contributed by atoms with van der Waals surface area (Å²) in [7, 11) is 0. The van der Waals surface area contributed by atoms with E-state index in [0.717, 1.165) is 14.7 Å². The summed E-state index contributed by atoms with van der Waals surface area (Å²) in [5, 5.41) is 17.9. The maximum atomic E-state index is 12.2. The summed E-state index contributed by atoms with van der Waals surface area (Å²) >= 11 is 0. The van der Waals surface area contributed by atoms with E-state index in [1.165, 1.54) is 0 Å². The SMILES string of the molecule is CCn1c(O)c(N=Nc2cccc(C)c2)c(=O)n(CC)c1=O. The standard InChI is InChI=1S/C15H18N4O3/c1-4-18-13(20)12(14(21)19(5-2)15(18)22)17-16-11-8-6-7-10(3)9-11/h6-9,20H,4-5H2,1-3H3. The lowest BCUT2D eigenvalue weighted by Gasteiger charge is -2.10. The number of benzene rings is 1. The number of rotatable bonds is 4. The molecule has 0 aliphatic heterocycles. The van der Waals surface area contributed by atoms with Gasteiger partial charge in [0.25, 0.3) is 5.56 Å². The first kappa shape index (κ1) is 15.7. The molecular weight excluding hydrogens is 284 g/mol. The van der Waals surface area contributed by atoms with Gasteiger partial charge >= 0.3 is 5.69 Å². The van der Waals surface area contributed by atoms with Crippen molar-refractivity contribution in [3.05, 3.63) is 50.7 Å². The van der Waals surface area contributed by atoms with Crippen molar-refractivity contribution in [2.45, 2.75) is 33.9 Å². The van der Waals surface area contributed by atoms with Gasteiger partial charge in [0.15, 0.2) is 0 Å². The molecule has 0 amide bonds. The average Bonchev–Trinajstić information content (AvgIpc) is 2.48. The third-order valence-electron chi connectivity index (χ3n) is 3.28. The predicted molar refractivity (Wildman–Crippen MR) is 83.3 cm³/mol. The molecule has 0 radical (unpaired) electrons. The Bertz CT molecular complexity index is 834. The molecule has 1 heterocycles. The van der Waals surface area contributed by atoms with Gasteiger partial charge in [-0.25, -0.2) is 4.79 Å². The Morgan fingerprint density at radius 2 is 1.77 bits per heavy atom. The van der Waals surface area contributed by atoms with Crippen LogP contribution >= 0.6 is 0 Å². The summed E-state index contributed by atoms with van der Waals surface area (Å²) in [5.41, 5.74) is 0.138. The monoisotopic (exact) mass is 302 g/mol. The van der Waals surface area contributed by atoms with E-state index in [2.05, 4.69) is 10.2 Å². The van der Waals surface area contributed by atoms with Crippen LogP contribution in [0, 0.1) is 6.92 Å². The van der Waals surface area contributed by atoms with Gasteiger partial charge in [-0.3, -0.25) is 13.9 Å². The van der Waals surface area contributed by atoms with Crippen LogP contribution in [0.25, 0.3) is 0 Å². The van der Waals surface area contributed by atoms with Crippen molar-refractivity contribution in [3.8, 4) is 5.88 Å². The van der Waals surface area contributed by atoms with E-state index in [1.807, 2.05) is 19.1 Å². The Balaban J connectivity index is 2.60. The Morgan fingerprint density at radius 3 is 2.36 bits per heavy atom. The Morgan fingerprint density at radius 1 is 1.09 bits per heavy atom. The fraction of sp³-hybridized carbons (Fsp3) is 0.333. The van der Waals surface area contributed by atoms with Crippen LogP contribution in [-0.2, 0) is 13.1 Å². The van der Waals surface area contributed by atoms with E-state index in [-0.39, 0.29) is 18.8 Å². The number of aromatic hydroxyl groups is 1. The second kappa shape index (κ2) is 6.38. The van der Waals surface area contributed by atoms with Crippen molar-refractivity contribution < 1.29 is 5.11 Å². The maximum Gasteiger partial charge on any atom is 0.333 e. The van der Waals surface area contributed by atoms with Crippen LogP contribution in [0.4, 0.5) is 11.4 Å². The summed E-state index contributed by atoms with van der Waals surface area (Å²) in [6.07, 6.45) is 0. The van der Waals surface area contributed by atoms with Crippen LogP contribution in [0.1, 0.15) is 19.4 Å². The number of nitrogens with zero attached hydrogens (tertiary/aromatic N) is 4. The van der Waals surface area contributed by atoms with Crippen LogP contribution < -0.4 is 11.2 Å². The molecule has 7 nitrogen and oxygen atoms in total. The summed E-state index contributed by atoms with van der Waals surface area (Å²) in [4.78, 5) is 24.3. The summed E-state index contributed by atoms with van der Waals surface area (Å²) in [5.74, 6) is -0.460. The van der Waals surface area contributed by atoms with Gasteiger partial charge in [0.05, 0.1) is 5.69 Å².